The number of benzene rings is 1. The summed E-state index contributed by atoms with van der Waals surface area (Å²) in [5, 5.41) is 7.72. The molecule has 1 saturated carbocycles. The first-order chi connectivity index (χ1) is 11.5. The number of hydrogen-bond acceptors (Lipinski definition) is 3. The molecule has 0 heterocycles. The van der Waals surface area contributed by atoms with Crippen molar-refractivity contribution in [2.75, 3.05) is 13.1 Å². The second-order valence-corrected chi connectivity index (χ2v) is 5.97. The number of halogens is 1. The molecule has 0 bridgehead atoms. The summed E-state index contributed by atoms with van der Waals surface area (Å²) < 4.78 is 13.1. The lowest BCUT2D eigenvalue weighted by molar-refractivity contribution is -0.127. The van der Waals surface area contributed by atoms with Gasteiger partial charge in [-0.3, -0.25) is 14.4 Å². The van der Waals surface area contributed by atoms with Crippen LogP contribution in [-0.4, -0.2) is 30.8 Å². The van der Waals surface area contributed by atoms with E-state index >= 15 is 0 Å². The standard InChI is InChI=1S/C17H22FN3O3/c1-11(22)19-9-15(23)20-10-16(24)21-17(12-3-2-4-12)13-5-7-14(18)8-6-13/h5-8,12,17H,2-4,9-10H2,1H3,(H,19,22)(H,20,23)(H,21,24)/t17-/m0/s1. The highest BCUT2D eigenvalue weighted by molar-refractivity contribution is 5.87. The van der Waals surface area contributed by atoms with Crippen LogP contribution in [0, 0.1) is 11.7 Å². The second kappa shape index (κ2) is 8.42. The van der Waals surface area contributed by atoms with Crippen LogP contribution in [0.1, 0.15) is 37.8 Å². The molecule has 0 radical (unpaired) electrons. The van der Waals surface area contributed by atoms with Crippen molar-refractivity contribution in [1.29, 1.82) is 0 Å². The molecule has 0 aromatic heterocycles. The number of carbonyl (C=O) groups is 3. The number of carbonyl (C=O) groups excluding carboxylic acids is 3. The molecule has 24 heavy (non-hydrogen) atoms. The first-order valence-corrected chi connectivity index (χ1v) is 8.01. The molecular formula is C17H22FN3O3. The van der Waals surface area contributed by atoms with Crippen molar-refractivity contribution in [2.24, 2.45) is 5.92 Å². The number of amides is 3. The third kappa shape index (κ3) is 5.33. The van der Waals surface area contributed by atoms with E-state index in [0.717, 1.165) is 24.8 Å². The molecule has 1 aromatic carbocycles. The summed E-state index contributed by atoms with van der Waals surface area (Å²) in [6, 6.07) is 5.92. The predicted octanol–water partition coefficient (Wildman–Crippen LogP) is 1.04. The maximum Gasteiger partial charge on any atom is 0.239 e. The van der Waals surface area contributed by atoms with E-state index < -0.39 is 5.91 Å². The van der Waals surface area contributed by atoms with Gasteiger partial charge in [0.05, 0.1) is 19.1 Å². The number of nitrogens with one attached hydrogen (secondary N) is 3. The van der Waals surface area contributed by atoms with E-state index in [1.165, 1.54) is 19.1 Å². The average Bonchev–Trinajstić information content (AvgIpc) is 2.49. The van der Waals surface area contributed by atoms with Gasteiger partial charge in [-0.05, 0) is 36.5 Å². The second-order valence-electron chi connectivity index (χ2n) is 5.97. The number of hydrogen-bond donors (Lipinski definition) is 3. The lowest BCUT2D eigenvalue weighted by Crippen LogP contribution is -2.44. The third-order valence-electron chi connectivity index (χ3n) is 4.11. The minimum Gasteiger partial charge on any atom is -0.347 e. The Kier molecular flexibility index (Phi) is 6.28. The van der Waals surface area contributed by atoms with Crippen molar-refractivity contribution >= 4 is 17.7 Å². The molecule has 7 heteroatoms. The van der Waals surface area contributed by atoms with Crippen molar-refractivity contribution < 1.29 is 18.8 Å². The van der Waals surface area contributed by atoms with E-state index in [2.05, 4.69) is 16.0 Å². The van der Waals surface area contributed by atoms with Crippen LogP contribution in [0.25, 0.3) is 0 Å². The summed E-state index contributed by atoms with van der Waals surface area (Å²) in [7, 11) is 0. The van der Waals surface area contributed by atoms with Crippen LogP contribution in [0.4, 0.5) is 4.39 Å². The summed E-state index contributed by atoms with van der Waals surface area (Å²) >= 11 is 0. The van der Waals surface area contributed by atoms with Crippen LogP contribution in [0.3, 0.4) is 0 Å². The molecule has 130 valence electrons. The highest BCUT2D eigenvalue weighted by Crippen LogP contribution is 2.37. The molecule has 6 nitrogen and oxygen atoms in total. The van der Waals surface area contributed by atoms with Gasteiger partial charge in [0.15, 0.2) is 0 Å². The predicted molar refractivity (Wildman–Crippen MR) is 86.3 cm³/mol. The van der Waals surface area contributed by atoms with Crippen molar-refractivity contribution in [3.05, 3.63) is 35.6 Å². The third-order valence-corrected chi connectivity index (χ3v) is 4.11. The molecule has 1 atom stereocenters. The Morgan fingerprint density at radius 2 is 1.71 bits per heavy atom. The van der Waals surface area contributed by atoms with Crippen LogP contribution >= 0.6 is 0 Å². The van der Waals surface area contributed by atoms with Gasteiger partial charge in [-0.2, -0.15) is 0 Å². The van der Waals surface area contributed by atoms with E-state index in [1.54, 1.807) is 12.1 Å². The Balaban J connectivity index is 1.87. The lowest BCUT2D eigenvalue weighted by atomic mass is 9.77. The van der Waals surface area contributed by atoms with E-state index in [0.29, 0.717) is 5.92 Å². The van der Waals surface area contributed by atoms with Crippen LogP contribution in [0.15, 0.2) is 24.3 Å². The monoisotopic (exact) mass is 335 g/mol. The zero-order valence-corrected chi connectivity index (χ0v) is 13.6. The summed E-state index contributed by atoms with van der Waals surface area (Å²) in [6.07, 6.45) is 3.14. The van der Waals surface area contributed by atoms with Gasteiger partial charge in [0.2, 0.25) is 17.7 Å². The maximum absolute atomic E-state index is 13.1. The van der Waals surface area contributed by atoms with E-state index in [4.69, 9.17) is 0 Å². The molecule has 0 saturated heterocycles. The minimum atomic E-state index is -0.428. The van der Waals surface area contributed by atoms with Gasteiger partial charge in [0.1, 0.15) is 5.82 Å². The average molecular weight is 335 g/mol. The smallest absolute Gasteiger partial charge is 0.239 e. The van der Waals surface area contributed by atoms with Crippen molar-refractivity contribution in [3.63, 3.8) is 0 Å². The molecule has 0 aliphatic heterocycles. The van der Waals surface area contributed by atoms with Crippen LogP contribution in [-0.2, 0) is 14.4 Å². The molecule has 0 unspecified atom stereocenters. The van der Waals surface area contributed by atoms with Gasteiger partial charge in [-0.1, -0.05) is 18.6 Å². The molecule has 1 aromatic rings. The maximum atomic E-state index is 13.1. The van der Waals surface area contributed by atoms with Gasteiger partial charge in [0.25, 0.3) is 0 Å². The molecule has 3 amide bonds. The molecule has 1 fully saturated rings. The van der Waals surface area contributed by atoms with Gasteiger partial charge < -0.3 is 16.0 Å². The Morgan fingerprint density at radius 1 is 1.08 bits per heavy atom. The van der Waals surface area contributed by atoms with Crippen molar-refractivity contribution in [1.82, 2.24) is 16.0 Å². The van der Waals surface area contributed by atoms with E-state index in [1.807, 2.05) is 0 Å². The Hall–Kier alpha value is -2.44. The van der Waals surface area contributed by atoms with Gasteiger partial charge in [0, 0.05) is 6.92 Å². The highest BCUT2D eigenvalue weighted by Gasteiger charge is 2.29. The highest BCUT2D eigenvalue weighted by atomic mass is 19.1. The fourth-order valence-electron chi connectivity index (χ4n) is 2.59. The fraction of sp³-hybridized carbons (Fsp3) is 0.471. The summed E-state index contributed by atoms with van der Waals surface area (Å²) in [5.41, 5.74) is 0.860. The van der Waals surface area contributed by atoms with Crippen LogP contribution < -0.4 is 16.0 Å². The van der Waals surface area contributed by atoms with Gasteiger partial charge in [-0.15, -0.1) is 0 Å². The minimum absolute atomic E-state index is 0.160. The number of rotatable bonds is 7. The summed E-state index contributed by atoms with van der Waals surface area (Å²) in [6.45, 7) is 0.987. The van der Waals surface area contributed by atoms with Crippen LogP contribution in [0.2, 0.25) is 0 Å². The SMILES string of the molecule is CC(=O)NCC(=O)NCC(=O)N[C@H](c1ccc(F)cc1)C1CCC1. The molecule has 1 aliphatic carbocycles. The topological polar surface area (TPSA) is 87.3 Å². The zero-order valence-electron chi connectivity index (χ0n) is 13.6. The Labute approximate surface area is 140 Å². The summed E-state index contributed by atoms with van der Waals surface area (Å²) in [4.78, 5) is 34.3. The zero-order chi connectivity index (χ0) is 17.5. The fourth-order valence-corrected chi connectivity index (χ4v) is 2.59. The van der Waals surface area contributed by atoms with E-state index in [-0.39, 0.29) is 36.8 Å². The largest absolute Gasteiger partial charge is 0.347 e. The summed E-state index contributed by atoms with van der Waals surface area (Å²) in [5.74, 6) is -1.04. The molecule has 0 spiro atoms. The van der Waals surface area contributed by atoms with Gasteiger partial charge >= 0.3 is 0 Å². The molecule has 3 N–H and O–H groups in total. The Bertz CT molecular complexity index is 600. The first-order valence-electron chi connectivity index (χ1n) is 8.01. The first kappa shape index (κ1) is 17.9. The molecule has 1 aliphatic rings. The van der Waals surface area contributed by atoms with Gasteiger partial charge in [-0.25, -0.2) is 4.39 Å². The molecular weight excluding hydrogens is 313 g/mol. The quantitative estimate of drug-likeness (QED) is 0.696. The normalized spacial score (nSPS) is 15.1. The van der Waals surface area contributed by atoms with Crippen molar-refractivity contribution in [3.8, 4) is 0 Å². The van der Waals surface area contributed by atoms with Crippen LogP contribution in [0.5, 0.6) is 0 Å². The lowest BCUT2D eigenvalue weighted by Gasteiger charge is -2.34. The van der Waals surface area contributed by atoms with E-state index in [9.17, 15) is 18.8 Å². The molecule has 2 rings (SSSR count). The Morgan fingerprint density at radius 3 is 2.25 bits per heavy atom. The van der Waals surface area contributed by atoms with Crippen molar-refractivity contribution in [2.45, 2.75) is 32.2 Å².